The molecule has 0 aliphatic carbocycles. The first-order chi connectivity index (χ1) is 9.91. The number of halogens is 1. The molecule has 0 radical (unpaired) electrons. The minimum absolute atomic E-state index is 0.163. The van der Waals surface area contributed by atoms with Crippen LogP contribution in [-0.4, -0.2) is 17.7 Å². The van der Waals surface area contributed by atoms with Gasteiger partial charge < -0.3 is 19.8 Å². The van der Waals surface area contributed by atoms with Crippen LogP contribution in [0.3, 0.4) is 0 Å². The molecule has 106 valence electrons. The highest BCUT2D eigenvalue weighted by Crippen LogP contribution is 2.21. The number of aromatic carboxylic acids is 2. The Kier molecular flexibility index (Phi) is 4.37. The zero-order valence-corrected chi connectivity index (χ0v) is 12.6. The summed E-state index contributed by atoms with van der Waals surface area (Å²) in [5.74, 6) is -3.61. The summed E-state index contributed by atoms with van der Waals surface area (Å²) < 4.78 is 0.163. The maximum absolute atomic E-state index is 12.4. The minimum Gasteiger partial charge on any atom is -0.545 e. The lowest BCUT2D eigenvalue weighted by atomic mass is 9.96. The largest absolute Gasteiger partial charge is 0.545 e. The molecular weight excluding hydrogens is 387 g/mol. The Morgan fingerprint density at radius 3 is 1.90 bits per heavy atom. The molecule has 5 nitrogen and oxygen atoms in total. The molecule has 2 rings (SSSR count). The van der Waals surface area contributed by atoms with Crippen molar-refractivity contribution < 1.29 is 24.6 Å². The Balaban J connectivity index is 2.66. The summed E-state index contributed by atoms with van der Waals surface area (Å²) in [6.45, 7) is 0. The number of hydrogen-bond acceptors (Lipinski definition) is 5. The summed E-state index contributed by atoms with van der Waals surface area (Å²) in [5.41, 5.74) is -0.565. The third-order valence-electron chi connectivity index (χ3n) is 2.83. The molecule has 2 aromatic rings. The summed E-state index contributed by atoms with van der Waals surface area (Å²) in [6.07, 6.45) is 0. The molecule has 0 fully saturated rings. The summed E-state index contributed by atoms with van der Waals surface area (Å²) in [7, 11) is 0. The van der Waals surface area contributed by atoms with Crippen molar-refractivity contribution in [2.75, 3.05) is 0 Å². The molecule has 0 unspecified atom stereocenters. The molecule has 6 heteroatoms. The fourth-order valence-electron chi connectivity index (χ4n) is 1.83. The van der Waals surface area contributed by atoms with Gasteiger partial charge in [-0.15, -0.1) is 0 Å². The van der Waals surface area contributed by atoms with Crippen molar-refractivity contribution in [1.82, 2.24) is 0 Å². The van der Waals surface area contributed by atoms with Crippen molar-refractivity contribution in [2.24, 2.45) is 0 Å². The van der Waals surface area contributed by atoms with Crippen molar-refractivity contribution >= 4 is 40.3 Å². The SMILES string of the molecule is O=C([O-])c1cc(C(=O)c2ccccc2)c(C(=O)[O-])cc1I. The molecule has 21 heavy (non-hydrogen) atoms. The normalized spacial score (nSPS) is 10.1. The minimum atomic E-state index is -1.54. The molecule has 0 saturated heterocycles. The van der Waals surface area contributed by atoms with Gasteiger partial charge in [-0.25, -0.2) is 0 Å². The number of carboxylic acid groups (broad SMARTS) is 2. The van der Waals surface area contributed by atoms with Crippen LogP contribution in [0, 0.1) is 3.57 Å². The fraction of sp³-hybridized carbons (Fsp3) is 0. The third kappa shape index (κ3) is 3.10. The van der Waals surface area contributed by atoms with Crippen molar-refractivity contribution in [2.45, 2.75) is 0 Å². The third-order valence-corrected chi connectivity index (χ3v) is 3.72. The number of benzene rings is 2. The van der Waals surface area contributed by atoms with Gasteiger partial charge in [-0.3, -0.25) is 4.79 Å². The maximum Gasteiger partial charge on any atom is 0.193 e. The standard InChI is InChI=1S/C15H9IO5/c16-12-7-10(14(18)19)9(6-11(12)15(20)21)13(17)8-4-2-1-3-5-8/h1-7H,(H,18,19)(H,20,21)/p-2. The second kappa shape index (κ2) is 6.04. The van der Waals surface area contributed by atoms with E-state index in [2.05, 4.69) is 0 Å². The van der Waals surface area contributed by atoms with E-state index in [1.54, 1.807) is 40.8 Å². The van der Waals surface area contributed by atoms with Gasteiger partial charge in [0.05, 0.1) is 11.9 Å². The highest BCUT2D eigenvalue weighted by atomic mass is 127. The lowest BCUT2D eigenvalue weighted by Crippen LogP contribution is -2.28. The lowest BCUT2D eigenvalue weighted by Gasteiger charge is -2.14. The van der Waals surface area contributed by atoms with Crippen molar-refractivity contribution in [1.29, 1.82) is 0 Å². The van der Waals surface area contributed by atoms with Crippen LogP contribution in [-0.2, 0) is 0 Å². The first-order valence-electron chi connectivity index (χ1n) is 5.77. The number of rotatable bonds is 4. The Bertz CT molecular complexity index is 737. The fourth-order valence-corrected chi connectivity index (χ4v) is 2.52. The van der Waals surface area contributed by atoms with Gasteiger partial charge in [0.15, 0.2) is 5.78 Å². The zero-order chi connectivity index (χ0) is 15.6. The van der Waals surface area contributed by atoms with E-state index in [0.29, 0.717) is 0 Å². The highest BCUT2D eigenvalue weighted by molar-refractivity contribution is 14.1. The molecule has 0 aromatic heterocycles. The molecule has 0 aliphatic heterocycles. The smallest absolute Gasteiger partial charge is 0.193 e. The van der Waals surface area contributed by atoms with Crippen molar-refractivity contribution in [3.05, 3.63) is 68.3 Å². The molecule has 0 bridgehead atoms. The zero-order valence-electron chi connectivity index (χ0n) is 10.5. The average molecular weight is 394 g/mol. The number of carboxylic acids is 2. The number of carbonyl (C=O) groups is 3. The van der Waals surface area contributed by atoms with Gasteiger partial charge in [-0.1, -0.05) is 30.3 Å². The summed E-state index contributed by atoms with van der Waals surface area (Å²) in [4.78, 5) is 34.5. The molecule has 2 aromatic carbocycles. The summed E-state index contributed by atoms with van der Waals surface area (Å²) in [6, 6.07) is 10.1. The van der Waals surface area contributed by atoms with E-state index in [1.807, 2.05) is 0 Å². The van der Waals surface area contributed by atoms with Gasteiger partial charge in [0, 0.05) is 25.8 Å². The number of ketones is 1. The van der Waals surface area contributed by atoms with Crippen LogP contribution in [0.15, 0.2) is 42.5 Å². The second-order valence-electron chi connectivity index (χ2n) is 4.15. The second-order valence-corrected chi connectivity index (χ2v) is 5.31. The van der Waals surface area contributed by atoms with Gasteiger partial charge >= 0.3 is 0 Å². The molecule has 0 atom stereocenters. The molecule has 0 spiro atoms. The Morgan fingerprint density at radius 2 is 1.38 bits per heavy atom. The molecule has 0 saturated carbocycles. The van der Waals surface area contributed by atoms with Crippen LogP contribution in [0.1, 0.15) is 36.6 Å². The van der Waals surface area contributed by atoms with Gasteiger partial charge in [-0.2, -0.15) is 0 Å². The maximum atomic E-state index is 12.4. The summed E-state index contributed by atoms with van der Waals surface area (Å²) >= 11 is 1.67. The van der Waals surface area contributed by atoms with E-state index < -0.39 is 17.7 Å². The quantitative estimate of drug-likeness (QED) is 0.547. The Labute approximate surface area is 133 Å². The van der Waals surface area contributed by atoms with Crippen LogP contribution in [0.4, 0.5) is 0 Å². The van der Waals surface area contributed by atoms with E-state index >= 15 is 0 Å². The molecule has 0 amide bonds. The molecule has 0 heterocycles. The number of hydrogen-bond donors (Lipinski definition) is 0. The van der Waals surface area contributed by atoms with Gasteiger partial charge in [-0.05, 0) is 34.7 Å². The van der Waals surface area contributed by atoms with Crippen LogP contribution in [0.5, 0.6) is 0 Å². The molecule has 0 aliphatic rings. The van der Waals surface area contributed by atoms with E-state index in [0.717, 1.165) is 12.1 Å². The average Bonchev–Trinajstić information content (AvgIpc) is 2.46. The molecule has 0 N–H and O–H groups in total. The van der Waals surface area contributed by atoms with E-state index in [9.17, 15) is 24.6 Å². The van der Waals surface area contributed by atoms with Gasteiger partial charge in [0.1, 0.15) is 0 Å². The highest BCUT2D eigenvalue weighted by Gasteiger charge is 2.17. The van der Waals surface area contributed by atoms with Gasteiger partial charge in [0.2, 0.25) is 0 Å². The lowest BCUT2D eigenvalue weighted by molar-refractivity contribution is -0.256. The van der Waals surface area contributed by atoms with E-state index in [-0.39, 0.29) is 25.8 Å². The first-order valence-corrected chi connectivity index (χ1v) is 6.85. The predicted molar refractivity (Wildman–Crippen MR) is 77.7 cm³/mol. The van der Waals surface area contributed by atoms with Gasteiger partial charge in [0.25, 0.3) is 0 Å². The predicted octanol–water partition coefficient (Wildman–Crippen LogP) is 0.249. The number of carbonyl (C=O) groups excluding carboxylic acids is 3. The van der Waals surface area contributed by atoms with Crippen LogP contribution in [0.25, 0.3) is 0 Å². The van der Waals surface area contributed by atoms with Crippen molar-refractivity contribution in [3.8, 4) is 0 Å². The topological polar surface area (TPSA) is 97.3 Å². The monoisotopic (exact) mass is 394 g/mol. The van der Waals surface area contributed by atoms with Crippen LogP contribution in [0.2, 0.25) is 0 Å². The van der Waals surface area contributed by atoms with Crippen LogP contribution >= 0.6 is 22.6 Å². The first kappa shape index (κ1) is 15.2. The summed E-state index contributed by atoms with van der Waals surface area (Å²) in [5, 5.41) is 22.2. The molecular formula is C15H7IO5-2. The van der Waals surface area contributed by atoms with E-state index in [1.165, 1.54) is 12.1 Å². The van der Waals surface area contributed by atoms with Crippen LogP contribution < -0.4 is 10.2 Å². The van der Waals surface area contributed by atoms with Crippen molar-refractivity contribution in [3.63, 3.8) is 0 Å². The Hall–Kier alpha value is -2.22. The Morgan fingerprint density at radius 1 is 0.810 bits per heavy atom. The van der Waals surface area contributed by atoms with E-state index in [4.69, 9.17) is 0 Å².